The van der Waals surface area contributed by atoms with E-state index in [-0.39, 0.29) is 0 Å². The van der Waals surface area contributed by atoms with E-state index < -0.39 is 0 Å². The summed E-state index contributed by atoms with van der Waals surface area (Å²) in [6.07, 6.45) is 0. The number of rotatable bonds is 5. The maximum Gasteiger partial charge on any atom is 0.235 e. The molecule has 2 rings (SSSR count). The van der Waals surface area contributed by atoms with Crippen molar-refractivity contribution in [3.8, 4) is 0 Å². The number of aryl methyl sites for hydroxylation is 2. The molecule has 2 heterocycles. The third kappa shape index (κ3) is 3.10. The Hall–Kier alpha value is -1.20. The van der Waals surface area contributed by atoms with Gasteiger partial charge < -0.3 is 0 Å². The molecule has 20 heavy (non-hydrogen) atoms. The van der Waals surface area contributed by atoms with Crippen molar-refractivity contribution < 1.29 is 0 Å². The fourth-order valence-corrected chi connectivity index (χ4v) is 3.00. The van der Waals surface area contributed by atoms with Crippen LogP contribution in [0.4, 0.5) is 0 Å². The molecular formula is C15H21BrN4. The maximum atomic E-state index is 4.66. The number of fused-ring (bicyclic) bond motifs is 1. The van der Waals surface area contributed by atoms with E-state index in [4.69, 9.17) is 0 Å². The van der Waals surface area contributed by atoms with Crippen molar-refractivity contribution >= 4 is 21.7 Å². The number of hydrogen-bond donors (Lipinski definition) is 0. The van der Waals surface area contributed by atoms with Gasteiger partial charge in [0.2, 0.25) is 5.78 Å². The Kier molecular flexibility index (Phi) is 4.60. The molecule has 0 unspecified atom stereocenters. The molecule has 0 bridgehead atoms. The minimum atomic E-state index is 0.760. The Balaban J connectivity index is 2.37. The van der Waals surface area contributed by atoms with Crippen molar-refractivity contribution in [3.05, 3.63) is 39.9 Å². The predicted octanol–water partition coefficient (Wildman–Crippen LogP) is 3.51. The highest BCUT2D eigenvalue weighted by Gasteiger charge is 2.15. The van der Waals surface area contributed by atoms with Crippen LogP contribution in [0.5, 0.6) is 0 Å². The second-order valence-corrected chi connectivity index (χ2v) is 6.04. The van der Waals surface area contributed by atoms with Gasteiger partial charge >= 0.3 is 0 Å². The average Bonchev–Trinajstić information content (AvgIpc) is 2.64. The molecule has 0 saturated heterocycles. The van der Waals surface area contributed by atoms with Gasteiger partial charge in [0.25, 0.3) is 0 Å². The molecule has 4 nitrogen and oxygen atoms in total. The van der Waals surface area contributed by atoms with Gasteiger partial charge in [-0.15, -0.1) is 0 Å². The van der Waals surface area contributed by atoms with Crippen molar-refractivity contribution in [2.24, 2.45) is 0 Å². The van der Waals surface area contributed by atoms with Crippen LogP contribution in [0.3, 0.4) is 0 Å². The Labute approximate surface area is 128 Å². The summed E-state index contributed by atoms with van der Waals surface area (Å²) in [5.74, 6) is 0.760. The van der Waals surface area contributed by atoms with Crippen LogP contribution >= 0.6 is 15.9 Å². The van der Waals surface area contributed by atoms with Crippen molar-refractivity contribution in [1.82, 2.24) is 19.3 Å². The molecule has 2 aromatic heterocycles. The molecule has 0 aromatic carbocycles. The number of nitrogens with zero attached hydrogens (tertiary/aromatic N) is 4. The third-order valence-corrected chi connectivity index (χ3v) is 4.04. The predicted molar refractivity (Wildman–Crippen MR) is 85.9 cm³/mol. The fourth-order valence-electron chi connectivity index (χ4n) is 2.35. The Morgan fingerprint density at radius 1 is 1.40 bits per heavy atom. The van der Waals surface area contributed by atoms with Gasteiger partial charge in [0.15, 0.2) is 0 Å². The van der Waals surface area contributed by atoms with Gasteiger partial charge in [0.1, 0.15) is 4.60 Å². The topological polar surface area (TPSA) is 33.4 Å². The first kappa shape index (κ1) is 15.2. The van der Waals surface area contributed by atoms with E-state index in [9.17, 15) is 0 Å². The summed E-state index contributed by atoms with van der Waals surface area (Å²) < 4.78 is 3.05. The highest BCUT2D eigenvalue weighted by atomic mass is 79.9. The first-order valence-corrected chi connectivity index (χ1v) is 7.59. The highest BCUT2D eigenvalue weighted by molar-refractivity contribution is 9.10. The second-order valence-electron chi connectivity index (χ2n) is 5.28. The van der Waals surface area contributed by atoms with Gasteiger partial charge in [0.05, 0.1) is 5.69 Å². The van der Waals surface area contributed by atoms with Crippen molar-refractivity contribution in [3.63, 3.8) is 0 Å². The number of halogens is 1. The lowest BCUT2D eigenvalue weighted by Gasteiger charge is -2.19. The highest BCUT2D eigenvalue weighted by Crippen LogP contribution is 2.22. The molecule has 0 fully saturated rings. The summed E-state index contributed by atoms with van der Waals surface area (Å²) in [4.78, 5) is 11.5. The first-order valence-electron chi connectivity index (χ1n) is 6.80. The van der Waals surface area contributed by atoms with Crippen LogP contribution in [0.25, 0.3) is 5.78 Å². The summed E-state index contributed by atoms with van der Waals surface area (Å²) in [6.45, 7) is 14.9. The lowest BCUT2D eigenvalue weighted by molar-refractivity contribution is 0.301. The fraction of sp³-hybridized carbons (Fsp3) is 0.467. The van der Waals surface area contributed by atoms with Gasteiger partial charge in [-0.25, -0.2) is 9.97 Å². The number of likely N-dealkylation sites (N-methyl/N-ethyl adjacent to an activating group) is 1. The summed E-state index contributed by atoms with van der Waals surface area (Å²) in [5.41, 5.74) is 4.32. The number of hydrogen-bond acceptors (Lipinski definition) is 3. The van der Waals surface area contributed by atoms with Crippen molar-refractivity contribution in [1.29, 1.82) is 0 Å². The molecule has 0 aliphatic heterocycles. The van der Waals surface area contributed by atoms with Crippen molar-refractivity contribution in [2.45, 2.75) is 34.2 Å². The van der Waals surface area contributed by atoms with Gasteiger partial charge in [-0.05, 0) is 49.3 Å². The van der Waals surface area contributed by atoms with E-state index in [0.29, 0.717) is 0 Å². The zero-order valence-corrected chi connectivity index (χ0v) is 14.2. The molecular weight excluding hydrogens is 316 g/mol. The third-order valence-electron chi connectivity index (χ3n) is 3.23. The van der Waals surface area contributed by atoms with E-state index in [1.54, 1.807) is 0 Å². The van der Waals surface area contributed by atoms with E-state index >= 15 is 0 Å². The molecule has 0 spiro atoms. The van der Waals surface area contributed by atoms with Gasteiger partial charge in [-0.3, -0.25) is 9.30 Å². The smallest absolute Gasteiger partial charge is 0.235 e. The molecule has 0 aliphatic carbocycles. The Morgan fingerprint density at radius 3 is 2.70 bits per heavy atom. The van der Waals surface area contributed by atoms with Gasteiger partial charge in [-0.1, -0.05) is 19.1 Å². The van der Waals surface area contributed by atoms with Crippen LogP contribution in [-0.4, -0.2) is 32.4 Å². The minimum absolute atomic E-state index is 0.760. The summed E-state index contributed by atoms with van der Waals surface area (Å²) in [5, 5.41) is 0. The number of imidazole rings is 1. The monoisotopic (exact) mass is 336 g/mol. The zero-order valence-electron chi connectivity index (χ0n) is 12.6. The van der Waals surface area contributed by atoms with Crippen LogP contribution in [0, 0.1) is 13.8 Å². The maximum absolute atomic E-state index is 4.66. The quantitative estimate of drug-likeness (QED) is 0.783. The Morgan fingerprint density at radius 2 is 2.10 bits per heavy atom. The zero-order chi connectivity index (χ0) is 14.9. The van der Waals surface area contributed by atoms with Crippen LogP contribution in [0.2, 0.25) is 0 Å². The van der Waals surface area contributed by atoms with Gasteiger partial charge in [-0.2, -0.15) is 0 Å². The standard InChI is InChI=1S/C15H21BrN4/c1-6-19(8-10(2)3)9-13-14(16)20-12(5)7-11(4)17-15(20)18-13/h7H,2,6,8-9H2,1,3-5H3. The minimum Gasteiger partial charge on any atom is -0.294 e. The van der Waals surface area contributed by atoms with Crippen LogP contribution in [0.1, 0.15) is 30.9 Å². The lowest BCUT2D eigenvalue weighted by atomic mass is 10.3. The van der Waals surface area contributed by atoms with E-state index in [1.807, 2.05) is 6.92 Å². The second kappa shape index (κ2) is 6.06. The van der Waals surface area contributed by atoms with Crippen molar-refractivity contribution in [2.75, 3.05) is 13.1 Å². The molecule has 0 radical (unpaired) electrons. The molecule has 0 saturated carbocycles. The van der Waals surface area contributed by atoms with E-state index in [2.05, 4.69) is 68.6 Å². The average molecular weight is 337 g/mol. The van der Waals surface area contributed by atoms with E-state index in [0.717, 1.165) is 52.7 Å². The molecule has 5 heteroatoms. The SMILES string of the molecule is C=C(C)CN(CC)Cc1nc2nc(C)cc(C)n2c1Br. The summed E-state index contributed by atoms with van der Waals surface area (Å²) >= 11 is 3.66. The van der Waals surface area contributed by atoms with Crippen LogP contribution < -0.4 is 0 Å². The Bertz CT molecular complexity index is 645. The molecule has 0 N–H and O–H groups in total. The van der Waals surface area contributed by atoms with Gasteiger partial charge in [0, 0.05) is 24.5 Å². The van der Waals surface area contributed by atoms with E-state index in [1.165, 1.54) is 0 Å². The largest absolute Gasteiger partial charge is 0.294 e. The lowest BCUT2D eigenvalue weighted by Crippen LogP contribution is -2.24. The molecule has 0 atom stereocenters. The summed E-state index contributed by atoms with van der Waals surface area (Å²) in [6, 6.07) is 2.06. The number of aromatic nitrogens is 3. The normalized spacial score (nSPS) is 11.5. The molecule has 0 amide bonds. The summed E-state index contributed by atoms with van der Waals surface area (Å²) in [7, 11) is 0. The first-order chi connectivity index (χ1) is 9.42. The molecule has 2 aromatic rings. The molecule has 0 aliphatic rings. The molecule has 108 valence electrons. The van der Waals surface area contributed by atoms with Crippen LogP contribution in [-0.2, 0) is 6.54 Å². The van der Waals surface area contributed by atoms with Crippen LogP contribution in [0.15, 0.2) is 22.8 Å².